The molecule has 0 spiro atoms. The zero-order valence-corrected chi connectivity index (χ0v) is 15.9. The van der Waals surface area contributed by atoms with Gasteiger partial charge in [-0.25, -0.2) is 0 Å². The number of nitrogens with one attached hydrogen (secondary N) is 1. The molecule has 0 saturated carbocycles. The van der Waals surface area contributed by atoms with Crippen molar-refractivity contribution in [2.24, 2.45) is 0 Å². The first kappa shape index (κ1) is 18.7. The number of nitrogens with zero attached hydrogens (tertiary/aromatic N) is 4. The third-order valence-electron chi connectivity index (χ3n) is 4.02. The van der Waals surface area contributed by atoms with E-state index >= 15 is 0 Å². The highest BCUT2D eigenvalue weighted by atomic mass is 32.2. The summed E-state index contributed by atoms with van der Waals surface area (Å²) < 4.78 is 1.99. The maximum absolute atomic E-state index is 12.6. The number of benzene rings is 2. The van der Waals surface area contributed by atoms with Crippen LogP contribution in [0.25, 0.3) is 11.4 Å². The Hall–Kier alpha value is -3.11. The predicted octanol–water partition coefficient (Wildman–Crippen LogP) is 3.96. The average Bonchev–Trinajstić information content (AvgIpc) is 3.11. The number of thioether (sulfide) groups is 1. The summed E-state index contributed by atoms with van der Waals surface area (Å²) in [7, 11) is 0. The second kappa shape index (κ2) is 8.52. The summed E-state index contributed by atoms with van der Waals surface area (Å²) in [6.07, 6.45) is 0. The van der Waals surface area contributed by atoms with Gasteiger partial charge in [0.2, 0.25) is 5.91 Å². The van der Waals surface area contributed by atoms with Gasteiger partial charge in [0, 0.05) is 12.1 Å². The molecule has 1 amide bonds. The van der Waals surface area contributed by atoms with E-state index in [1.165, 1.54) is 11.8 Å². The standard InChI is InChI=1S/C20H19N5OS/c1-3-25-18(15-9-5-4-6-10-15)23-24-20(25)27-14(2)19(26)22-17-12-8-7-11-16(17)13-21/h4-12,14H,3H2,1-2H3,(H,22,26). The summed E-state index contributed by atoms with van der Waals surface area (Å²) in [5, 5.41) is 20.8. The lowest BCUT2D eigenvalue weighted by atomic mass is 10.2. The number of aromatic nitrogens is 3. The van der Waals surface area contributed by atoms with Crippen molar-refractivity contribution < 1.29 is 4.79 Å². The number of para-hydroxylation sites is 1. The third-order valence-corrected chi connectivity index (χ3v) is 5.10. The Morgan fingerprint density at radius 1 is 1.19 bits per heavy atom. The predicted molar refractivity (Wildman–Crippen MR) is 106 cm³/mol. The fraction of sp³-hybridized carbons (Fsp3) is 0.200. The smallest absolute Gasteiger partial charge is 0.237 e. The Morgan fingerprint density at radius 2 is 1.89 bits per heavy atom. The molecule has 0 aliphatic carbocycles. The van der Waals surface area contributed by atoms with Crippen molar-refractivity contribution >= 4 is 23.4 Å². The van der Waals surface area contributed by atoms with E-state index in [1.54, 1.807) is 24.3 Å². The van der Waals surface area contributed by atoms with Gasteiger partial charge in [0.05, 0.1) is 16.5 Å². The summed E-state index contributed by atoms with van der Waals surface area (Å²) in [6.45, 7) is 4.53. The van der Waals surface area contributed by atoms with Gasteiger partial charge >= 0.3 is 0 Å². The molecule has 3 rings (SSSR count). The quantitative estimate of drug-likeness (QED) is 0.658. The molecule has 1 heterocycles. The molecule has 0 aliphatic heterocycles. The SMILES string of the molecule is CCn1c(SC(C)C(=O)Nc2ccccc2C#N)nnc1-c1ccccc1. The Labute approximate surface area is 162 Å². The Kier molecular flexibility index (Phi) is 5.89. The molecule has 0 saturated heterocycles. The van der Waals surface area contributed by atoms with Gasteiger partial charge in [-0.2, -0.15) is 5.26 Å². The first-order chi connectivity index (χ1) is 13.1. The summed E-state index contributed by atoms with van der Waals surface area (Å²) in [6, 6.07) is 18.9. The molecule has 0 fully saturated rings. The van der Waals surface area contributed by atoms with Crippen molar-refractivity contribution in [2.45, 2.75) is 30.8 Å². The van der Waals surface area contributed by atoms with E-state index < -0.39 is 5.25 Å². The Morgan fingerprint density at radius 3 is 2.59 bits per heavy atom. The van der Waals surface area contributed by atoms with Gasteiger partial charge in [-0.1, -0.05) is 54.2 Å². The van der Waals surface area contributed by atoms with Crippen LogP contribution < -0.4 is 5.32 Å². The lowest BCUT2D eigenvalue weighted by molar-refractivity contribution is -0.115. The molecule has 1 N–H and O–H groups in total. The second-order valence-corrected chi connectivity index (χ2v) is 7.13. The molecule has 6 nitrogen and oxygen atoms in total. The zero-order chi connectivity index (χ0) is 19.2. The molecule has 1 atom stereocenters. The molecule has 27 heavy (non-hydrogen) atoms. The topological polar surface area (TPSA) is 83.6 Å². The monoisotopic (exact) mass is 377 g/mol. The molecule has 7 heteroatoms. The molecule has 3 aromatic rings. The van der Waals surface area contributed by atoms with Gasteiger partial charge < -0.3 is 9.88 Å². The van der Waals surface area contributed by atoms with E-state index in [0.717, 1.165) is 11.4 Å². The van der Waals surface area contributed by atoms with Crippen molar-refractivity contribution in [2.75, 3.05) is 5.32 Å². The summed E-state index contributed by atoms with van der Waals surface area (Å²) in [5.41, 5.74) is 1.93. The van der Waals surface area contributed by atoms with Gasteiger partial charge in [0.1, 0.15) is 6.07 Å². The van der Waals surface area contributed by atoms with Crippen LogP contribution in [-0.2, 0) is 11.3 Å². The number of anilines is 1. The fourth-order valence-electron chi connectivity index (χ4n) is 2.60. The van der Waals surface area contributed by atoms with Crippen molar-refractivity contribution in [1.82, 2.24) is 14.8 Å². The Bertz CT molecular complexity index is 978. The number of hydrogen-bond acceptors (Lipinski definition) is 5. The van der Waals surface area contributed by atoms with Crippen LogP contribution in [0.2, 0.25) is 0 Å². The third kappa shape index (κ3) is 4.18. The van der Waals surface area contributed by atoms with E-state index in [0.29, 0.717) is 23.0 Å². The van der Waals surface area contributed by atoms with E-state index in [2.05, 4.69) is 21.6 Å². The first-order valence-electron chi connectivity index (χ1n) is 8.59. The van der Waals surface area contributed by atoms with Crippen LogP contribution in [0.1, 0.15) is 19.4 Å². The van der Waals surface area contributed by atoms with Crippen molar-refractivity contribution in [3.63, 3.8) is 0 Å². The number of rotatable bonds is 6. The van der Waals surface area contributed by atoms with Crippen molar-refractivity contribution in [3.8, 4) is 17.5 Å². The van der Waals surface area contributed by atoms with Gasteiger partial charge in [-0.05, 0) is 26.0 Å². The summed E-state index contributed by atoms with van der Waals surface area (Å²) in [4.78, 5) is 12.6. The molecule has 0 aliphatic rings. The van der Waals surface area contributed by atoms with Crippen LogP contribution in [-0.4, -0.2) is 25.9 Å². The van der Waals surface area contributed by atoms with E-state index in [9.17, 15) is 4.79 Å². The van der Waals surface area contributed by atoms with Crippen LogP contribution in [0, 0.1) is 11.3 Å². The molecule has 0 radical (unpaired) electrons. The largest absolute Gasteiger partial charge is 0.324 e. The van der Waals surface area contributed by atoms with Crippen LogP contribution in [0.5, 0.6) is 0 Å². The van der Waals surface area contributed by atoms with Crippen molar-refractivity contribution in [3.05, 3.63) is 60.2 Å². The minimum Gasteiger partial charge on any atom is -0.324 e. The highest BCUT2D eigenvalue weighted by molar-refractivity contribution is 8.00. The second-order valence-electron chi connectivity index (χ2n) is 5.82. The van der Waals surface area contributed by atoms with Gasteiger partial charge in [-0.15, -0.1) is 10.2 Å². The fourth-order valence-corrected chi connectivity index (χ4v) is 3.51. The molecule has 1 aromatic heterocycles. The maximum atomic E-state index is 12.6. The minimum absolute atomic E-state index is 0.186. The van der Waals surface area contributed by atoms with E-state index in [4.69, 9.17) is 5.26 Å². The van der Waals surface area contributed by atoms with Crippen LogP contribution >= 0.6 is 11.8 Å². The lowest BCUT2D eigenvalue weighted by Gasteiger charge is -2.13. The van der Waals surface area contributed by atoms with Crippen LogP contribution in [0.3, 0.4) is 0 Å². The van der Waals surface area contributed by atoms with E-state index in [1.807, 2.05) is 48.7 Å². The van der Waals surface area contributed by atoms with Gasteiger partial charge in [0.25, 0.3) is 0 Å². The lowest BCUT2D eigenvalue weighted by Crippen LogP contribution is -2.23. The molecule has 136 valence electrons. The molecule has 2 aromatic carbocycles. The number of amides is 1. The maximum Gasteiger partial charge on any atom is 0.237 e. The van der Waals surface area contributed by atoms with Gasteiger partial charge in [0.15, 0.2) is 11.0 Å². The van der Waals surface area contributed by atoms with E-state index in [-0.39, 0.29) is 5.91 Å². The number of nitriles is 1. The Balaban J connectivity index is 1.76. The summed E-state index contributed by atoms with van der Waals surface area (Å²) in [5.74, 6) is 0.595. The van der Waals surface area contributed by atoms with Gasteiger partial charge in [-0.3, -0.25) is 4.79 Å². The van der Waals surface area contributed by atoms with Crippen LogP contribution in [0.4, 0.5) is 5.69 Å². The van der Waals surface area contributed by atoms with Crippen LogP contribution in [0.15, 0.2) is 59.8 Å². The van der Waals surface area contributed by atoms with Crippen molar-refractivity contribution in [1.29, 1.82) is 5.26 Å². The molecule has 0 bridgehead atoms. The molecular weight excluding hydrogens is 358 g/mol. The molecule has 1 unspecified atom stereocenters. The highest BCUT2D eigenvalue weighted by Crippen LogP contribution is 2.27. The highest BCUT2D eigenvalue weighted by Gasteiger charge is 2.21. The normalized spacial score (nSPS) is 11.6. The average molecular weight is 377 g/mol. The zero-order valence-electron chi connectivity index (χ0n) is 15.1. The number of carbonyl (C=O) groups is 1. The number of hydrogen-bond donors (Lipinski definition) is 1. The first-order valence-corrected chi connectivity index (χ1v) is 9.47. The number of carbonyl (C=O) groups excluding carboxylic acids is 1. The molecular formula is C20H19N5OS. The minimum atomic E-state index is -0.394. The summed E-state index contributed by atoms with van der Waals surface area (Å²) >= 11 is 1.35.